The summed E-state index contributed by atoms with van der Waals surface area (Å²) in [7, 11) is 0. The van der Waals surface area contributed by atoms with E-state index in [9.17, 15) is 4.79 Å². The first-order chi connectivity index (χ1) is 11.2. The number of aromatic nitrogens is 2. The molecule has 0 saturated heterocycles. The third-order valence-electron chi connectivity index (χ3n) is 4.14. The lowest BCUT2D eigenvalue weighted by atomic mass is 9.89. The van der Waals surface area contributed by atoms with E-state index in [1.165, 1.54) is 34.0 Å². The van der Waals surface area contributed by atoms with E-state index in [1.54, 1.807) is 17.7 Å². The number of thioether (sulfide) groups is 1. The number of hydrogen-bond acceptors (Lipinski definition) is 6. The van der Waals surface area contributed by atoms with Crippen LogP contribution in [0.3, 0.4) is 0 Å². The highest BCUT2D eigenvalue weighted by atomic mass is 32.2. The second-order valence-corrected chi connectivity index (χ2v) is 8.12. The Morgan fingerprint density at radius 3 is 3.17 bits per heavy atom. The molecule has 0 saturated carbocycles. The lowest BCUT2D eigenvalue weighted by Gasteiger charge is -2.18. The third-order valence-corrected chi connectivity index (χ3v) is 6.27. The van der Waals surface area contributed by atoms with Crippen molar-refractivity contribution in [2.75, 3.05) is 12.4 Å². The first kappa shape index (κ1) is 16.7. The second-order valence-electron chi connectivity index (χ2n) is 6.07. The number of ether oxygens (including phenoxy) is 1. The molecule has 0 amide bonds. The van der Waals surface area contributed by atoms with Crippen molar-refractivity contribution in [3.8, 4) is 0 Å². The van der Waals surface area contributed by atoms with Gasteiger partial charge in [-0.1, -0.05) is 32.0 Å². The summed E-state index contributed by atoms with van der Waals surface area (Å²) < 4.78 is 5.22. The normalized spacial score (nSPS) is 17.2. The van der Waals surface area contributed by atoms with E-state index in [0.717, 1.165) is 41.5 Å². The molecule has 0 N–H and O–H groups in total. The molecule has 0 aliphatic heterocycles. The van der Waals surface area contributed by atoms with E-state index in [1.807, 2.05) is 0 Å². The molecule has 0 aromatic carbocycles. The van der Waals surface area contributed by atoms with Gasteiger partial charge in [-0.3, -0.25) is 4.79 Å². The van der Waals surface area contributed by atoms with Crippen molar-refractivity contribution in [1.82, 2.24) is 9.97 Å². The average Bonchev–Trinajstić information content (AvgIpc) is 2.91. The number of rotatable bonds is 6. The molecule has 1 atom stereocenters. The largest absolute Gasteiger partial charge is 0.465 e. The smallest absolute Gasteiger partial charge is 0.316 e. The van der Waals surface area contributed by atoms with Gasteiger partial charge in [0, 0.05) is 10.3 Å². The van der Waals surface area contributed by atoms with Crippen molar-refractivity contribution in [2.45, 2.75) is 51.0 Å². The predicted molar refractivity (Wildman–Crippen MR) is 95.2 cm³/mol. The van der Waals surface area contributed by atoms with Crippen LogP contribution in [0.2, 0.25) is 0 Å². The van der Waals surface area contributed by atoms with Crippen LogP contribution in [0.25, 0.3) is 10.2 Å². The van der Waals surface area contributed by atoms with E-state index < -0.39 is 0 Å². The zero-order valence-corrected chi connectivity index (χ0v) is 15.3. The van der Waals surface area contributed by atoms with Gasteiger partial charge in [-0.25, -0.2) is 9.97 Å². The first-order valence-corrected chi connectivity index (χ1v) is 10.0. The van der Waals surface area contributed by atoms with E-state index in [-0.39, 0.29) is 5.97 Å². The van der Waals surface area contributed by atoms with Crippen molar-refractivity contribution < 1.29 is 9.53 Å². The number of aryl methyl sites for hydroxylation is 1. The molecule has 0 radical (unpaired) electrons. The van der Waals surface area contributed by atoms with E-state index in [0.29, 0.717) is 12.4 Å². The summed E-state index contributed by atoms with van der Waals surface area (Å²) in [6.07, 6.45) is 7.02. The molecule has 2 aromatic heterocycles. The van der Waals surface area contributed by atoms with Gasteiger partial charge < -0.3 is 4.74 Å². The number of nitrogens with zero attached hydrogens (tertiary/aromatic N) is 2. The van der Waals surface area contributed by atoms with Gasteiger partial charge in [0.25, 0.3) is 0 Å². The summed E-state index contributed by atoms with van der Waals surface area (Å²) in [5.74, 6) is 0.901. The maximum atomic E-state index is 11.8. The molecule has 2 aromatic rings. The van der Waals surface area contributed by atoms with Crippen LogP contribution in [-0.4, -0.2) is 28.3 Å². The standard InChI is InChI=1S/C17H22N2O2S2/c1-3-4-7-21-14(20)9-22-16-15-12-6-5-11(2)8-13(12)23-17(15)19-10-18-16/h10-11H,3-9H2,1-2H3/t11-/m1/s1. The topological polar surface area (TPSA) is 52.1 Å². The van der Waals surface area contributed by atoms with Crippen LogP contribution in [0.1, 0.15) is 43.6 Å². The molecular weight excluding hydrogens is 328 g/mol. The Labute approximate surface area is 145 Å². The molecule has 3 rings (SSSR count). The molecule has 0 unspecified atom stereocenters. The number of unbranched alkanes of at least 4 members (excludes halogenated alkanes) is 1. The number of fused-ring (bicyclic) bond motifs is 3. The Bertz CT molecular complexity index is 699. The van der Waals surface area contributed by atoms with Gasteiger partial charge in [0.2, 0.25) is 0 Å². The number of carbonyl (C=O) groups excluding carboxylic acids is 1. The molecule has 2 heterocycles. The Balaban J connectivity index is 1.75. The summed E-state index contributed by atoms with van der Waals surface area (Å²) >= 11 is 3.26. The average molecular weight is 351 g/mol. The second kappa shape index (κ2) is 7.62. The van der Waals surface area contributed by atoms with Gasteiger partial charge in [0.15, 0.2) is 0 Å². The van der Waals surface area contributed by atoms with Gasteiger partial charge in [0.05, 0.1) is 12.4 Å². The summed E-state index contributed by atoms with van der Waals surface area (Å²) in [6.45, 7) is 4.91. The van der Waals surface area contributed by atoms with Crippen LogP contribution in [0.5, 0.6) is 0 Å². The fraction of sp³-hybridized carbons (Fsp3) is 0.588. The highest BCUT2D eigenvalue weighted by Crippen LogP contribution is 2.40. The van der Waals surface area contributed by atoms with Crippen molar-refractivity contribution in [3.05, 3.63) is 16.8 Å². The van der Waals surface area contributed by atoms with Gasteiger partial charge in [-0.2, -0.15) is 0 Å². The van der Waals surface area contributed by atoms with E-state index >= 15 is 0 Å². The summed E-state index contributed by atoms with van der Waals surface area (Å²) in [4.78, 5) is 23.2. The molecule has 6 heteroatoms. The molecular formula is C17H22N2O2S2. The minimum atomic E-state index is -0.159. The van der Waals surface area contributed by atoms with Crippen LogP contribution >= 0.6 is 23.1 Å². The van der Waals surface area contributed by atoms with Crippen molar-refractivity contribution >= 4 is 39.3 Å². The van der Waals surface area contributed by atoms with Crippen molar-refractivity contribution in [1.29, 1.82) is 0 Å². The van der Waals surface area contributed by atoms with Crippen LogP contribution in [0.4, 0.5) is 0 Å². The van der Waals surface area contributed by atoms with Crippen LogP contribution < -0.4 is 0 Å². The van der Waals surface area contributed by atoms with Crippen molar-refractivity contribution in [2.24, 2.45) is 5.92 Å². The Kier molecular flexibility index (Phi) is 5.54. The third kappa shape index (κ3) is 3.86. The maximum absolute atomic E-state index is 11.8. The zero-order valence-electron chi connectivity index (χ0n) is 13.6. The quantitative estimate of drug-likeness (QED) is 0.337. The lowest BCUT2D eigenvalue weighted by Crippen LogP contribution is -2.09. The summed E-state index contributed by atoms with van der Waals surface area (Å²) in [5.41, 5.74) is 1.41. The van der Waals surface area contributed by atoms with Gasteiger partial charge in [0.1, 0.15) is 16.2 Å². The lowest BCUT2D eigenvalue weighted by molar-refractivity contribution is -0.140. The fourth-order valence-electron chi connectivity index (χ4n) is 2.85. The molecule has 0 fully saturated rings. The minimum Gasteiger partial charge on any atom is -0.465 e. The van der Waals surface area contributed by atoms with Gasteiger partial charge in [-0.05, 0) is 37.2 Å². The monoisotopic (exact) mass is 350 g/mol. The molecule has 1 aliphatic rings. The van der Waals surface area contributed by atoms with Crippen LogP contribution in [-0.2, 0) is 22.4 Å². The van der Waals surface area contributed by atoms with E-state index in [4.69, 9.17) is 4.74 Å². The molecule has 0 spiro atoms. The minimum absolute atomic E-state index is 0.159. The number of thiophene rings is 1. The number of hydrogen-bond donors (Lipinski definition) is 0. The zero-order chi connectivity index (χ0) is 16.2. The summed E-state index contributed by atoms with van der Waals surface area (Å²) in [6, 6.07) is 0. The number of esters is 1. The Hall–Kier alpha value is -1.14. The Morgan fingerprint density at radius 1 is 1.48 bits per heavy atom. The summed E-state index contributed by atoms with van der Waals surface area (Å²) in [5, 5.41) is 2.10. The molecule has 4 nitrogen and oxygen atoms in total. The highest BCUT2D eigenvalue weighted by Gasteiger charge is 2.23. The molecule has 124 valence electrons. The van der Waals surface area contributed by atoms with Crippen molar-refractivity contribution in [3.63, 3.8) is 0 Å². The SMILES string of the molecule is CCCCOC(=O)CSc1ncnc2sc3c(c12)CC[C@@H](C)C3. The number of carbonyl (C=O) groups is 1. The molecule has 23 heavy (non-hydrogen) atoms. The van der Waals surface area contributed by atoms with Crippen LogP contribution in [0.15, 0.2) is 11.4 Å². The first-order valence-electron chi connectivity index (χ1n) is 8.22. The van der Waals surface area contributed by atoms with Gasteiger partial charge >= 0.3 is 5.97 Å². The fourth-order valence-corrected chi connectivity index (χ4v) is 5.09. The van der Waals surface area contributed by atoms with Crippen LogP contribution in [0, 0.1) is 5.92 Å². The predicted octanol–water partition coefficient (Wildman–Crippen LogP) is 4.25. The maximum Gasteiger partial charge on any atom is 0.316 e. The molecule has 1 aliphatic carbocycles. The Morgan fingerprint density at radius 2 is 2.35 bits per heavy atom. The van der Waals surface area contributed by atoms with Gasteiger partial charge in [-0.15, -0.1) is 11.3 Å². The molecule has 0 bridgehead atoms. The van der Waals surface area contributed by atoms with E-state index in [2.05, 4.69) is 23.8 Å². The highest BCUT2D eigenvalue weighted by molar-refractivity contribution is 8.00.